The van der Waals surface area contributed by atoms with Gasteiger partial charge in [0.05, 0.1) is 11.9 Å². The average molecular weight is 336 g/mol. The highest BCUT2D eigenvalue weighted by molar-refractivity contribution is 6.05. The van der Waals surface area contributed by atoms with Gasteiger partial charge in [-0.2, -0.15) is 0 Å². The molecule has 2 amide bonds. The van der Waals surface area contributed by atoms with Crippen molar-refractivity contribution in [2.75, 3.05) is 10.6 Å². The van der Waals surface area contributed by atoms with Crippen LogP contribution in [0.4, 0.5) is 11.5 Å². The van der Waals surface area contributed by atoms with Crippen molar-refractivity contribution in [1.29, 1.82) is 0 Å². The van der Waals surface area contributed by atoms with Gasteiger partial charge in [0.1, 0.15) is 5.82 Å². The Morgan fingerprint density at radius 2 is 1.88 bits per heavy atom. The molecule has 2 saturated carbocycles. The predicted molar refractivity (Wildman–Crippen MR) is 94.4 cm³/mol. The molecule has 25 heavy (non-hydrogen) atoms. The van der Waals surface area contributed by atoms with Crippen molar-refractivity contribution in [1.82, 2.24) is 9.97 Å². The molecule has 6 nitrogen and oxygen atoms in total. The zero-order valence-electron chi connectivity index (χ0n) is 13.9. The van der Waals surface area contributed by atoms with E-state index in [1.54, 1.807) is 24.5 Å². The van der Waals surface area contributed by atoms with E-state index in [9.17, 15) is 9.59 Å². The number of carbonyl (C=O) groups is 2. The van der Waals surface area contributed by atoms with Crippen molar-refractivity contribution in [3.05, 3.63) is 47.9 Å². The van der Waals surface area contributed by atoms with Crippen LogP contribution in [0.1, 0.15) is 53.9 Å². The van der Waals surface area contributed by atoms with Crippen LogP contribution in [0.2, 0.25) is 0 Å². The van der Waals surface area contributed by atoms with Crippen LogP contribution in [0.5, 0.6) is 0 Å². The minimum absolute atomic E-state index is 0.0235. The van der Waals surface area contributed by atoms with Crippen LogP contribution < -0.4 is 10.6 Å². The Bertz CT molecular complexity index is 813. The van der Waals surface area contributed by atoms with Gasteiger partial charge in [-0.15, -0.1) is 0 Å². The van der Waals surface area contributed by atoms with E-state index in [-0.39, 0.29) is 17.7 Å². The third-order valence-corrected chi connectivity index (χ3v) is 4.87. The Labute approximate surface area is 146 Å². The van der Waals surface area contributed by atoms with Crippen molar-refractivity contribution < 1.29 is 9.59 Å². The molecular weight excluding hydrogens is 316 g/mol. The minimum Gasteiger partial charge on any atom is -0.320 e. The Morgan fingerprint density at radius 1 is 1.04 bits per heavy atom. The van der Waals surface area contributed by atoms with Gasteiger partial charge in [0, 0.05) is 23.9 Å². The topological polar surface area (TPSA) is 84.0 Å². The Morgan fingerprint density at radius 3 is 2.60 bits per heavy atom. The lowest BCUT2D eigenvalue weighted by atomic mass is 9.80. The van der Waals surface area contributed by atoms with Crippen molar-refractivity contribution in [3.63, 3.8) is 0 Å². The Kier molecular flexibility index (Phi) is 4.17. The molecule has 0 saturated heterocycles. The molecule has 2 N–H and O–H groups in total. The highest BCUT2D eigenvalue weighted by Gasteiger charge is 2.30. The van der Waals surface area contributed by atoms with E-state index < -0.39 is 0 Å². The fourth-order valence-electron chi connectivity index (χ4n) is 2.99. The zero-order valence-corrected chi connectivity index (χ0v) is 13.9. The fourth-order valence-corrected chi connectivity index (χ4v) is 2.99. The van der Waals surface area contributed by atoms with E-state index in [2.05, 4.69) is 20.6 Å². The number of hydrogen-bond donors (Lipinski definition) is 2. The normalized spacial score (nSPS) is 16.8. The number of anilines is 2. The van der Waals surface area contributed by atoms with Gasteiger partial charge in [-0.25, -0.2) is 4.98 Å². The number of carbonyl (C=O) groups excluding carboxylic acids is 2. The molecule has 0 radical (unpaired) electrons. The molecule has 0 bridgehead atoms. The van der Waals surface area contributed by atoms with Crippen LogP contribution in [-0.4, -0.2) is 21.8 Å². The van der Waals surface area contributed by atoms with Crippen LogP contribution in [0.3, 0.4) is 0 Å². The van der Waals surface area contributed by atoms with E-state index in [1.807, 2.05) is 6.07 Å². The SMILES string of the molecule is O=C(Nc1cnccc1C1CCC1)c1ccnc(NC(=O)C2CC2)c1. The number of hydrogen-bond acceptors (Lipinski definition) is 4. The van der Waals surface area contributed by atoms with Crippen LogP contribution in [0, 0.1) is 5.92 Å². The average Bonchev–Trinajstić information content (AvgIpc) is 3.40. The number of nitrogens with one attached hydrogen (secondary N) is 2. The third kappa shape index (κ3) is 3.52. The highest BCUT2D eigenvalue weighted by Crippen LogP contribution is 2.39. The summed E-state index contributed by atoms with van der Waals surface area (Å²) < 4.78 is 0. The first-order valence-corrected chi connectivity index (χ1v) is 8.73. The summed E-state index contributed by atoms with van der Waals surface area (Å²) in [6, 6.07) is 5.23. The first kappa shape index (κ1) is 15.7. The summed E-state index contributed by atoms with van der Waals surface area (Å²) in [6.45, 7) is 0. The molecule has 2 aliphatic rings. The molecule has 128 valence electrons. The predicted octanol–water partition coefficient (Wildman–Crippen LogP) is 3.34. The van der Waals surface area contributed by atoms with E-state index in [4.69, 9.17) is 0 Å². The third-order valence-electron chi connectivity index (χ3n) is 4.87. The second kappa shape index (κ2) is 6.63. The summed E-state index contributed by atoms with van der Waals surface area (Å²) in [5, 5.41) is 5.72. The molecule has 2 aliphatic carbocycles. The van der Waals surface area contributed by atoms with Crippen LogP contribution in [0.15, 0.2) is 36.8 Å². The van der Waals surface area contributed by atoms with Gasteiger partial charge in [0.2, 0.25) is 5.91 Å². The van der Waals surface area contributed by atoms with Crippen molar-refractivity contribution >= 4 is 23.3 Å². The maximum Gasteiger partial charge on any atom is 0.255 e. The molecule has 0 unspecified atom stereocenters. The molecule has 2 aromatic rings. The molecule has 0 aromatic carbocycles. The molecule has 2 fully saturated rings. The van der Waals surface area contributed by atoms with Gasteiger partial charge in [-0.05, 0) is 55.4 Å². The van der Waals surface area contributed by atoms with Crippen molar-refractivity contribution in [3.8, 4) is 0 Å². The van der Waals surface area contributed by atoms with Gasteiger partial charge >= 0.3 is 0 Å². The molecule has 0 aliphatic heterocycles. The second-order valence-corrected chi connectivity index (χ2v) is 6.74. The number of aromatic nitrogens is 2. The lowest BCUT2D eigenvalue weighted by molar-refractivity contribution is -0.117. The largest absolute Gasteiger partial charge is 0.320 e. The first-order chi connectivity index (χ1) is 12.2. The van der Waals surface area contributed by atoms with Gasteiger partial charge in [0.25, 0.3) is 5.91 Å². The monoisotopic (exact) mass is 336 g/mol. The zero-order chi connectivity index (χ0) is 17.2. The number of rotatable bonds is 5. The van der Waals surface area contributed by atoms with Crippen LogP contribution in [-0.2, 0) is 4.79 Å². The van der Waals surface area contributed by atoms with Crippen molar-refractivity contribution in [2.45, 2.75) is 38.0 Å². The number of pyridine rings is 2. The van der Waals surface area contributed by atoms with E-state index in [0.29, 0.717) is 17.3 Å². The van der Waals surface area contributed by atoms with Gasteiger partial charge in [0.15, 0.2) is 0 Å². The van der Waals surface area contributed by atoms with E-state index >= 15 is 0 Å². The lowest BCUT2D eigenvalue weighted by Crippen LogP contribution is -2.18. The quantitative estimate of drug-likeness (QED) is 0.877. The summed E-state index contributed by atoms with van der Waals surface area (Å²) in [6.07, 6.45) is 10.4. The van der Waals surface area contributed by atoms with Gasteiger partial charge < -0.3 is 10.6 Å². The molecular formula is C19H20N4O2. The van der Waals surface area contributed by atoms with Crippen LogP contribution >= 0.6 is 0 Å². The molecule has 6 heteroatoms. The summed E-state index contributed by atoms with van der Waals surface area (Å²) >= 11 is 0. The first-order valence-electron chi connectivity index (χ1n) is 8.73. The van der Waals surface area contributed by atoms with Crippen molar-refractivity contribution in [2.24, 2.45) is 5.92 Å². The van der Waals surface area contributed by atoms with Gasteiger partial charge in [-0.1, -0.05) is 6.42 Å². The second-order valence-electron chi connectivity index (χ2n) is 6.74. The maximum atomic E-state index is 12.6. The Balaban J connectivity index is 1.48. The highest BCUT2D eigenvalue weighted by atomic mass is 16.2. The molecule has 0 spiro atoms. The molecule has 0 atom stereocenters. The van der Waals surface area contributed by atoms with Crippen LogP contribution in [0.25, 0.3) is 0 Å². The standard InChI is InChI=1S/C19H20N4O2/c24-18(13-4-5-13)23-17-10-14(6-9-21-17)19(25)22-16-11-20-8-7-15(16)12-2-1-3-12/h6-13H,1-5H2,(H,22,25)(H,21,23,24). The molecule has 2 aromatic heterocycles. The minimum atomic E-state index is -0.224. The summed E-state index contributed by atoms with van der Waals surface area (Å²) in [7, 11) is 0. The summed E-state index contributed by atoms with van der Waals surface area (Å²) in [4.78, 5) is 32.7. The van der Waals surface area contributed by atoms with Gasteiger partial charge in [-0.3, -0.25) is 14.6 Å². The maximum absolute atomic E-state index is 12.6. The number of nitrogens with zero attached hydrogens (tertiary/aromatic N) is 2. The van der Waals surface area contributed by atoms with E-state index in [1.165, 1.54) is 12.6 Å². The smallest absolute Gasteiger partial charge is 0.255 e. The lowest BCUT2D eigenvalue weighted by Gasteiger charge is -2.27. The number of amides is 2. The summed E-state index contributed by atoms with van der Waals surface area (Å²) in [5.74, 6) is 0.765. The van der Waals surface area contributed by atoms with E-state index in [0.717, 1.165) is 36.9 Å². The fraction of sp³-hybridized carbons (Fsp3) is 0.368. The Hall–Kier alpha value is -2.76. The summed E-state index contributed by atoms with van der Waals surface area (Å²) in [5.41, 5.74) is 2.37. The molecule has 4 rings (SSSR count). The molecule has 2 heterocycles.